The number of H-pyrrole nitrogens is 1. The van der Waals surface area contributed by atoms with Crippen molar-refractivity contribution in [1.82, 2.24) is 25.1 Å². The van der Waals surface area contributed by atoms with Crippen molar-refractivity contribution in [2.45, 2.75) is 13.8 Å². The van der Waals surface area contributed by atoms with E-state index in [0.29, 0.717) is 26.8 Å². The van der Waals surface area contributed by atoms with Crippen molar-refractivity contribution in [2.24, 2.45) is 0 Å². The van der Waals surface area contributed by atoms with Gasteiger partial charge < -0.3 is 10.6 Å². The maximum Gasteiger partial charge on any atom is 0.267 e. The monoisotopic (exact) mass is 399 g/mol. The number of hydrogen-bond donors (Lipinski definition) is 3. The molecular weight excluding hydrogens is 386 g/mol. The van der Waals surface area contributed by atoms with Crippen molar-refractivity contribution in [3.63, 3.8) is 0 Å². The van der Waals surface area contributed by atoms with Crippen LogP contribution in [-0.2, 0) is 0 Å². The molecule has 0 aliphatic carbocycles. The molecule has 0 radical (unpaired) electrons. The van der Waals surface area contributed by atoms with Gasteiger partial charge in [0, 0.05) is 11.5 Å². The molecule has 0 fully saturated rings. The number of aryl methyl sites for hydroxylation is 2. The van der Waals surface area contributed by atoms with E-state index in [-0.39, 0.29) is 5.91 Å². The van der Waals surface area contributed by atoms with Gasteiger partial charge in [0.1, 0.15) is 21.7 Å². The summed E-state index contributed by atoms with van der Waals surface area (Å²) in [4.78, 5) is 25.6. The van der Waals surface area contributed by atoms with Crippen LogP contribution < -0.4 is 10.6 Å². The predicted molar refractivity (Wildman–Crippen MR) is 106 cm³/mol. The summed E-state index contributed by atoms with van der Waals surface area (Å²) in [6, 6.07) is 5.45. The number of thiazole rings is 1. The second-order valence-electron chi connectivity index (χ2n) is 5.82. The molecule has 1 amide bonds. The molecule has 0 bridgehead atoms. The highest BCUT2D eigenvalue weighted by Crippen LogP contribution is 2.28. The highest BCUT2D eigenvalue weighted by Gasteiger charge is 2.15. The van der Waals surface area contributed by atoms with Crippen LogP contribution in [0.3, 0.4) is 0 Å². The second-order valence-corrected chi connectivity index (χ2v) is 7.24. The molecule has 0 atom stereocenters. The molecule has 3 aromatic heterocycles. The average molecular weight is 400 g/mol. The van der Waals surface area contributed by atoms with Gasteiger partial charge in [-0.25, -0.2) is 15.0 Å². The van der Waals surface area contributed by atoms with E-state index in [9.17, 15) is 4.79 Å². The third-order valence-electron chi connectivity index (χ3n) is 3.84. The first-order valence-electron chi connectivity index (χ1n) is 7.97. The third-order valence-corrected chi connectivity index (χ3v) is 4.95. The zero-order chi connectivity index (χ0) is 19.0. The van der Waals surface area contributed by atoms with Gasteiger partial charge in [0.15, 0.2) is 5.13 Å². The van der Waals surface area contributed by atoms with Crippen molar-refractivity contribution in [3.8, 4) is 0 Å². The van der Waals surface area contributed by atoms with Crippen LogP contribution in [-0.4, -0.2) is 31.1 Å². The number of nitrogens with zero attached hydrogens (tertiary/aromatic N) is 4. The number of carbonyl (C=O) groups is 1. The quantitative estimate of drug-likeness (QED) is 0.446. The fraction of sp³-hybridized carbons (Fsp3) is 0.118. The Labute approximate surface area is 163 Å². The van der Waals surface area contributed by atoms with Gasteiger partial charge in [0.25, 0.3) is 5.91 Å². The Morgan fingerprint density at radius 2 is 2.07 bits per heavy atom. The molecule has 0 saturated carbocycles. The number of anilines is 3. The molecule has 3 N–H and O–H groups in total. The van der Waals surface area contributed by atoms with E-state index < -0.39 is 0 Å². The Kier molecular flexibility index (Phi) is 4.46. The number of amides is 1. The maximum absolute atomic E-state index is 12.7. The zero-order valence-electron chi connectivity index (χ0n) is 14.4. The number of benzene rings is 1. The number of fused-ring (bicyclic) bond motifs is 1. The molecule has 0 aliphatic heterocycles. The van der Waals surface area contributed by atoms with Crippen molar-refractivity contribution < 1.29 is 4.79 Å². The fourth-order valence-corrected chi connectivity index (χ4v) is 3.55. The van der Waals surface area contributed by atoms with E-state index >= 15 is 0 Å². The van der Waals surface area contributed by atoms with Gasteiger partial charge in [-0.2, -0.15) is 5.10 Å². The highest BCUT2D eigenvalue weighted by molar-refractivity contribution is 7.17. The van der Waals surface area contributed by atoms with Crippen molar-refractivity contribution in [2.75, 3.05) is 10.6 Å². The Bertz CT molecular complexity index is 1130. The number of rotatable bonds is 4. The van der Waals surface area contributed by atoms with Crippen molar-refractivity contribution in [3.05, 3.63) is 52.0 Å². The molecular formula is C17H14ClN7OS. The van der Waals surface area contributed by atoms with E-state index in [0.717, 1.165) is 22.2 Å². The zero-order valence-corrected chi connectivity index (χ0v) is 15.9. The van der Waals surface area contributed by atoms with Crippen LogP contribution >= 0.6 is 22.9 Å². The Hall–Kier alpha value is -3.04. The molecule has 0 spiro atoms. The van der Waals surface area contributed by atoms with Crippen LogP contribution in [0.4, 0.5) is 16.6 Å². The van der Waals surface area contributed by atoms with Crippen LogP contribution in [0.15, 0.2) is 30.6 Å². The third kappa shape index (κ3) is 3.60. The minimum absolute atomic E-state index is 0.241. The Morgan fingerprint density at radius 1 is 1.22 bits per heavy atom. The smallest absolute Gasteiger partial charge is 0.267 e. The number of halogens is 1. The van der Waals surface area contributed by atoms with Crippen LogP contribution in [0, 0.1) is 13.8 Å². The summed E-state index contributed by atoms with van der Waals surface area (Å²) in [5, 5.41) is 14.6. The molecule has 27 heavy (non-hydrogen) atoms. The van der Waals surface area contributed by atoms with E-state index in [1.807, 2.05) is 19.1 Å². The van der Waals surface area contributed by atoms with Crippen LogP contribution in [0.5, 0.6) is 0 Å². The van der Waals surface area contributed by atoms with Gasteiger partial charge >= 0.3 is 0 Å². The second kappa shape index (κ2) is 6.93. The van der Waals surface area contributed by atoms with Gasteiger partial charge in [0.2, 0.25) is 0 Å². The number of aromatic nitrogens is 5. The molecule has 4 aromatic rings. The molecule has 0 saturated heterocycles. The summed E-state index contributed by atoms with van der Waals surface area (Å²) in [6.45, 7) is 3.68. The first-order chi connectivity index (χ1) is 13.0. The lowest BCUT2D eigenvalue weighted by atomic mass is 10.1. The molecule has 0 aliphatic rings. The Balaban J connectivity index is 1.55. The lowest BCUT2D eigenvalue weighted by Gasteiger charge is -2.08. The molecule has 136 valence electrons. The number of hydrogen-bond acceptors (Lipinski definition) is 7. The summed E-state index contributed by atoms with van der Waals surface area (Å²) in [7, 11) is 0. The molecule has 1 aromatic carbocycles. The van der Waals surface area contributed by atoms with E-state index in [1.54, 1.807) is 19.2 Å². The minimum atomic E-state index is -0.241. The first kappa shape index (κ1) is 17.4. The number of nitrogens with one attached hydrogen (secondary N) is 3. The number of carbonyl (C=O) groups excluding carboxylic acids is 1. The molecule has 0 unspecified atom stereocenters. The highest BCUT2D eigenvalue weighted by atomic mass is 35.5. The lowest BCUT2D eigenvalue weighted by Crippen LogP contribution is -2.11. The predicted octanol–water partition coefficient (Wildman–Crippen LogP) is 4.08. The topological polar surface area (TPSA) is 108 Å². The molecule has 8 nitrogen and oxygen atoms in total. The fourth-order valence-electron chi connectivity index (χ4n) is 2.61. The van der Waals surface area contributed by atoms with E-state index in [2.05, 4.69) is 35.8 Å². The summed E-state index contributed by atoms with van der Waals surface area (Å²) < 4.78 is 0. The first-order valence-corrected chi connectivity index (χ1v) is 9.17. The van der Waals surface area contributed by atoms with Crippen molar-refractivity contribution in [1.29, 1.82) is 0 Å². The van der Waals surface area contributed by atoms with Gasteiger partial charge in [-0.15, -0.1) is 0 Å². The largest absolute Gasteiger partial charge is 0.320 e. The summed E-state index contributed by atoms with van der Waals surface area (Å²) in [5.41, 5.74) is 2.54. The van der Waals surface area contributed by atoms with E-state index in [1.165, 1.54) is 17.5 Å². The van der Waals surface area contributed by atoms with E-state index in [4.69, 9.17) is 11.6 Å². The summed E-state index contributed by atoms with van der Waals surface area (Å²) in [5.74, 6) is 0.824. The van der Waals surface area contributed by atoms with Gasteiger partial charge in [0.05, 0.1) is 23.6 Å². The van der Waals surface area contributed by atoms with Crippen LogP contribution in [0.1, 0.15) is 21.1 Å². The molecule has 3 heterocycles. The standard InChI is InChI=1S/C17H14ClN7OS/c1-8-3-4-11-10(6-20-25-11)15(8)24-16(26)12-7-19-17(27-12)23-14-5-13(18)21-9(2)22-14/h3-7H,1-2H3,(H,20,25)(H,24,26)(H,19,21,22,23). The van der Waals surface area contributed by atoms with Gasteiger partial charge in [-0.1, -0.05) is 29.0 Å². The van der Waals surface area contributed by atoms with Crippen LogP contribution in [0.2, 0.25) is 5.15 Å². The van der Waals surface area contributed by atoms with Crippen molar-refractivity contribution >= 4 is 56.4 Å². The summed E-state index contributed by atoms with van der Waals surface area (Å²) >= 11 is 7.15. The average Bonchev–Trinajstić information content (AvgIpc) is 3.25. The van der Waals surface area contributed by atoms with Crippen LogP contribution in [0.25, 0.3) is 10.9 Å². The summed E-state index contributed by atoms with van der Waals surface area (Å²) in [6.07, 6.45) is 3.21. The number of aromatic amines is 1. The SMILES string of the molecule is Cc1nc(Cl)cc(Nc2ncc(C(=O)Nc3c(C)ccc4[nH]ncc34)s2)n1. The Morgan fingerprint density at radius 3 is 2.89 bits per heavy atom. The lowest BCUT2D eigenvalue weighted by molar-refractivity contribution is 0.103. The van der Waals surface area contributed by atoms with Gasteiger partial charge in [-0.3, -0.25) is 9.89 Å². The normalized spacial score (nSPS) is 10.9. The molecule has 4 rings (SSSR count). The molecule has 10 heteroatoms. The maximum atomic E-state index is 12.7. The van der Waals surface area contributed by atoms with Gasteiger partial charge in [-0.05, 0) is 25.5 Å². The minimum Gasteiger partial charge on any atom is -0.320 e.